The summed E-state index contributed by atoms with van der Waals surface area (Å²) in [6, 6.07) is 12.3. The number of Topliss-reactive ketones (excluding diaryl/α,β-unsaturated/α-hetero) is 1. The number of morpholine rings is 1. The Morgan fingerprint density at radius 2 is 1.77 bits per heavy atom. The third-order valence-electron chi connectivity index (χ3n) is 8.17. The molecule has 3 aliphatic heterocycles. The average molecular weight is 548 g/mol. The summed E-state index contributed by atoms with van der Waals surface area (Å²) >= 11 is 0. The van der Waals surface area contributed by atoms with Gasteiger partial charge >= 0.3 is 0 Å². The maximum Gasteiger partial charge on any atom is 0.296 e. The Hall–Kier alpha value is -3.69. The third kappa shape index (κ3) is 4.47. The fourth-order valence-corrected chi connectivity index (χ4v) is 6.15. The van der Waals surface area contributed by atoms with Gasteiger partial charge in [0.05, 0.1) is 31.6 Å². The molecule has 0 saturated carbocycles. The number of ketones is 1. The van der Waals surface area contributed by atoms with E-state index in [0.717, 1.165) is 31.5 Å². The summed E-state index contributed by atoms with van der Waals surface area (Å²) in [6.45, 7) is 8.15. The molecule has 40 heavy (non-hydrogen) atoms. The van der Waals surface area contributed by atoms with Gasteiger partial charge in [-0.15, -0.1) is 0 Å². The second-order valence-electron chi connectivity index (χ2n) is 10.5. The van der Waals surface area contributed by atoms with E-state index in [1.807, 2.05) is 32.0 Å². The fraction of sp³-hybridized carbons (Fsp3) is 0.452. The van der Waals surface area contributed by atoms with E-state index in [1.165, 1.54) is 4.90 Å². The summed E-state index contributed by atoms with van der Waals surface area (Å²) < 4.78 is 10.8. The van der Waals surface area contributed by atoms with Gasteiger partial charge in [0.25, 0.3) is 17.6 Å². The maximum atomic E-state index is 14.6. The molecule has 2 amide bonds. The van der Waals surface area contributed by atoms with Gasteiger partial charge in [0.15, 0.2) is 5.54 Å². The predicted molar refractivity (Wildman–Crippen MR) is 151 cm³/mol. The zero-order valence-corrected chi connectivity index (χ0v) is 23.4. The second-order valence-corrected chi connectivity index (χ2v) is 10.5. The molecule has 0 aromatic heterocycles. The van der Waals surface area contributed by atoms with Crippen LogP contribution in [0.3, 0.4) is 0 Å². The quantitative estimate of drug-likeness (QED) is 0.292. The standard InChI is InChI=1S/C31H37N3O6/c1-4-5-14-33-24-10-7-6-9-23(24)31(30(33)38)26(27(35)22-11-12-25(39-3)21(2)20-22)28(36)29(37)34(31)15-8-13-32-16-18-40-19-17-32/h6-7,9-12,20,35H,4-5,8,13-19H2,1-3H3/b27-26-. The van der Waals surface area contributed by atoms with Crippen molar-refractivity contribution in [3.63, 3.8) is 0 Å². The van der Waals surface area contributed by atoms with Crippen molar-refractivity contribution in [1.29, 1.82) is 0 Å². The monoisotopic (exact) mass is 547 g/mol. The number of fused-ring (bicyclic) bond motifs is 2. The number of benzene rings is 2. The van der Waals surface area contributed by atoms with Crippen LogP contribution < -0.4 is 9.64 Å². The van der Waals surface area contributed by atoms with Gasteiger partial charge in [0, 0.05) is 43.9 Å². The van der Waals surface area contributed by atoms with Crippen molar-refractivity contribution in [2.24, 2.45) is 0 Å². The van der Waals surface area contributed by atoms with Gasteiger partial charge in [0.2, 0.25) is 0 Å². The highest BCUT2D eigenvalue weighted by Crippen LogP contribution is 2.53. The summed E-state index contributed by atoms with van der Waals surface area (Å²) in [7, 11) is 1.56. The first-order valence-electron chi connectivity index (χ1n) is 14.0. The van der Waals surface area contributed by atoms with Gasteiger partial charge in [-0.1, -0.05) is 31.5 Å². The molecule has 0 bridgehead atoms. The van der Waals surface area contributed by atoms with Crippen LogP contribution in [-0.4, -0.2) is 85.6 Å². The lowest BCUT2D eigenvalue weighted by atomic mass is 9.81. The molecule has 2 saturated heterocycles. The number of hydrogen-bond acceptors (Lipinski definition) is 7. The van der Waals surface area contributed by atoms with Gasteiger partial charge in [-0.25, -0.2) is 0 Å². The molecule has 2 aromatic carbocycles. The van der Waals surface area contributed by atoms with Crippen LogP contribution in [0.25, 0.3) is 5.76 Å². The van der Waals surface area contributed by atoms with Crippen LogP contribution in [0.1, 0.15) is 42.9 Å². The SMILES string of the molecule is CCCCN1C(=O)C2(/C(=C(\O)c3ccc(OC)c(C)c3)C(=O)C(=O)N2CCCN2CCOCC2)c2ccccc21. The molecule has 9 nitrogen and oxygen atoms in total. The predicted octanol–water partition coefficient (Wildman–Crippen LogP) is 3.45. The van der Waals surface area contributed by atoms with Crippen LogP contribution in [0.4, 0.5) is 5.69 Å². The highest BCUT2D eigenvalue weighted by atomic mass is 16.5. The minimum Gasteiger partial charge on any atom is -0.507 e. The number of aliphatic hydroxyl groups is 1. The zero-order chi connectivity index (χ0) is 28.4. The summed E-state index contributed by atoms with van der Waals surface area (Å²) in [4.78, 5) is 47.4. The van der Waals surface area contributed by atoms with Crippen LogP contribution in [0.15, 0.2) is 48.0 Å². The Kier molecular flexibility index (Phi) is 7.96. The molecule has 9 heteroatoms. The Bertz CT molecular complexity index is 1350. The van der Waals surface area contributed by atoms with Crippen molar-refractivity contribution in [2.75, 3.05) is 57.9 Å². The molecule has 0 radical (unpaired) electrons. The first-order chi connectivity index (χ1) is 19.4. The molecule has 1 N–H and O–H groups in total. The van der Waals surface area contributed by atoms with E-state index in [9.17, 15) is 19.5 Å². The molecule has 212 valence electrons. The van der Waals surface area contributed by atoms with Gasteiger partial charge in [0.1, 0.15) is 11.5 Å². The normalized spacial score (nSPS) is 22.4. The van der Waals surface area contributed by atoms with Crippen molar-refractivity contribution in [3.8, 4) is 5.75 Å². The van der Waals surface area contributed by atoms with E-state index in [1.54, 1.807) is 36.3 Å². The van der Waals surface area contributed by atoms with Gasteiger partial charge < -0.3 is 24.4 Å². The summed E-state index contributed by atoms with van der Waals surface area (Å²) in [5, 5.41) is 11.7. The second kappa shape index (κ2) is 11.4. The lowest BCUT2D eigenvalue weighted by Crippen LogP contribution is -2.52. The first kappa shape index (κ1) is 27.9. The highest BCUT2D eigenvalue weighted by Gasteiger charge is 2.66. The lowest BCUT2D eigenvalue weighted by molar-refractivity contribution is -0.143. The molecule has 2 fully saturated rings. The molecule has 5 rings (SSSR count). The number of likely N-dealkylation sites (tertiary alicyclic amines) is 1. The molecule has 3 aliphatic rings. The number of amides is 2. The van der Waals surface area contributed by atoms with E-state index in [-0.39, 0.29) is 23.8 Å². The van der Waals surface area contributed by atoms with Gasteiger partial charge in [-0.3, -0.25) is 19.3 Å². The number of nitrogens with zero attached hydrogens (tertiary/aromatic N) is 3. The Balaban J connectivity index is 1.65. The van der Waals surface area contributed by atoms with Crippen LogP contribution in [-0.2, 0) is 24.7 Å². The number of aryl methyl sites for hydroxylation is 1. The van der Waals surface area contributed by atoms with Crippen LogP contribution >= 0.6 is 0 Å². The number of aliphatic hydroxyl groups excluding tert-OH is 1. The average Bonchev–Trinajstić information content (AvgIpc) is 3.34. The molecule has 1 spiro atoms. The Morgan fingerprint density at radius 3 is 2.48 bits per heavy atom. The van der Waals surface area contributed by atoms with Gasteiger partial charge in [-0.05, 0) is 49.6 Å². The smallest absolute Gasteiger partial charge is 0.296 e. The summed E-state index contributed by atoms with van der Waals surface area (Å²) in [5.74, 6) is -1.73. The van der Waals surface area contributed by atoms with E-state index >= 15 is 0 Å². The maximum absolute atomic E-state index is 14.6. The number of anilines is 1. The largest absolute Gasteiger partial charge is 0.507 e. The Labute approximate surface area is 235 Å². The minimum absolute atomic E-state index is 0.176. The highest BCUT2D eigenvalue weighted by molar-refractivity contribution is 6.50. The number of rotatable bonds is 9. The van der Waals surface area contributed by atoms with Crippen LogP contribution in [0, 0.1) is 6.92 Å². The van der Waals surface area contributed by atoms with Crippen LogP contribution in [0.5, 0.6) is 5.75 Å². The molecular weight excluding hydrogens is 510 g/mol. The van der Waals surface area contributed by atoms with Crippen molar-refractivity contribution in [2.45, 2.75) is 38.6 Å². The number of methoxy groups -OCH3 is 1. The number of unbranched alkanes of at least 4 members (excludes halogenated alkanes) is 1. The van der Waals surface area contributed by atoms with Gasteiger partial charge in [-0.2, -0.15) is 0 Å². The molecule has 1 atom stereocenters. The molecule has 1 unspecified atom stereocenters. The van der Waals surface area contributed by atoms with Crippen molar-refractivity contribution in [1.82, 2.24) is 9.80 Å². The minimum atomic E-state index is -1.73. The van der Waals surface area contributed by atoms with Crippen LogP contribution in [0.2, 0.25) is 0 Å². The zero-order valence-electron chi connectivity index (χ0n) is 23.4. The van der Waals surface area contributed by atoms with Crippen molar-refractivity contribution < 1.29 is 29.0 Å². The molecule has 0 aliphatic carbocycles. The van der Waals surface area contributed by atoms with E-state index in [0.29, 0.717) is 55.3 Å². The topological polar surface area (TPSA) is 99.6 Å². The summed E-state index contributed by atoms with van der Waals surface area (Å²) in [5.41, 5.74) is 0.405. The third-order valence-corrected chi connectivity index (χ3v) is 8.17. The number of para-hydroxylation sites is 1. The van der Waals surface area contributed by atoms with Crippen molar-refractivity contribution in [3.05, 3.63) is 64.7 Å². The van der Waals surface area contributed by atoms with E-state index in [2.05, 4.69) is 4.90 Å². The molecule has 2 aromatic rings. The number of hydrogen-bond donors (Lipinski definition) is 1. The number of carbonyl (C=O) groups is 3. The van der Waals surface area contributed by atoms with E-state index in [4.69, 9.17) is 9.47 Å². The van der Waals surface area contributed by atoms with Crippen molar-refractivity contribution >= 4 is 29.0 Å². The number of carbonyl (C=O) groups excluding carboxylic acids is 3. The number of ether oxygens (including phenoxy) is 2. The lowest BCUT2D eigenvalue weighted by Gasteiger charge is -2.35. The summed E-state index contributed by atoms with van der Waals surface area (Å²) in [6.07, 6.45) is 2.21. The Morgan fingerprint density at radius 1 is 1.02 bits per heavy atom. The molecular formula is C31H37N3O6. The van der Waals surface area contributed by atoms with E-state index < -0.39 is 17.2 Å². The molecule has 3 heterocycles. The fourth-order valence-electron chi connectivity index (χ4n) is 6.15. The first-order valence-corrected chi connectivity index (χ1v) is 14.0.